The van der Waals surface area contributed by atoms with E-state index < -0.39 is 108 Å². The van der Waals surface area contributed by atoms with Crippen LogP contribution < -0.4 is 37.9 Å². The molecule has 2 aliphatic carbocycles. The predicted molar refractivity (Wildman–Crippen MR) is 319 cm³/mol. The van der Waals surface area contributed by atoms with Crippen molar-refractivity contribution in [2.45, 2.75) is 128 Å². The average molecular weight is 1200 g/mol. The number of benzene rings is 4. The van der Waals surface area contributed by atoms with Gasteiger partial charge in [0.25, 0.3) is 11.5 Å². The topological polar surface area (TPSA) is 309 Å². The maximum absolute atomic E-state index is 15.6. The highest BCUT2D eigenvalue weighted by molar-refractivity contribution is 6.01. The number of imide groups is 1. The molecule has 0 spiro atoms. The van der Waals surface area contributed by atoms with E-state index in [0.717, 1.165) is 22.3 Å². The van der Waals surface area contributed by atoms with Crippen LogP contribution in [0.5, 0.6) is 0 Å². The summed E-state index contributed by atoms with van der Waals surface area (Å²) in [6.45, 7) is 5.60. The standard InChI is InChI=1S/C65H70FN9O13/c1-6-65(85)45-27-51-57-42(31-74(51)59(80)44(45)34-86-61(65)82)56-47(24-23-37-35(2)46(66)28-49(72-57)55(37)56)70-53(77)30-69-58(79)50(26-36-16-8-7-9-17-36)71-52(76)29-68-54(78)32-75(63(84)88-64(3,4)5)60(81)48(22-14-15-25-67)73-62(83)87-33-43-40-20-12-10-18-38(40)39-19-11-13-21-41(39)43/h7-13,16-21,27-28,43,47-48,50,85H,6,14-15,22-26,29-34,67H2,1-5H3,(H,68,78)(H,69,79)(H,70,77)(H,71,76)(H,73,83)/t47-,48-,50-,65-/m0/s1. The largest absolute Gasteiger partial charge is 0.458 e. The van der Waals surface area contributed by atoms with Crippen molar-refractivity contribution in [3.05, 3.63) is 157 Å². The van der Waals surface area contributed by atoms with Gasteiger partial charge < -0.3 is 56.2 Å². The zero-order valence-corrected chi connectivity index (χ0v) is 49.5. The molecule has 4 aromatic carbocycles. The number of aryl methyl sites for hydroxylation is 1. The second kappa shape index (κ2) is 25.5. The lowest BCUT2D eigenvalue weighted by molar-refractivity contribution is -0.172. The third kappa shape index (κ3) is 12.6. The van der Waals surface area contributed by atoms with Crippen LogP contribution in [0, 0.1) is 12.7 Å². The fraction of sp³-hybridized carbons (Fsp3) is 0.385. The van der Waals surface area contributed by atoms with Gasteiger partial charge in [0.05, 0.1) is 48.1 Å². The summed E-state index contributed by atoms with van der Waals surface area (Å²) in [5.41, 5.74) is 10.1. The number of cyclic esters (lactones) is 1. The van der Waals surface area contributed by atoms with Crippen LogP contribution in [0.2, 0.25) is 0 Å². The normalized spacial score (nSPS) is 16.7. The first kappa shape index (κ1) is 61.7. The molecular formula is C65H70FN9O13. The fourth-order valence-electron chi connectivity index (χ4n) is 12.2. The second-order valence-corrected chi connectivity index (χ2v) is 23.5. The molecule has 2 aliphatic heterocycles. The van der Waals surface area contributed by atoms with Crippen LogP contribution in [-0.4, -0.2) is 118 Å². The Bertz CT molecular complexity index is 3820. The van der Waals surface area contributed by atoms with Gasteiger partial charge in [-0.2, -0.15) is 0 Å². The quantitative estimate of drug-likeness (QED) is 0.0286. The van der Waals surface area contributed by atoms with Crippen LogP contribution in [0.4, 0.5) is 14.0 Å². The van der Waals surface area contributed by atoms with Crippen molar-refractivity contribution in [1.82, 2.24) is 41.0 Å². The van der Waals surface area contributed by atoms with Crippen LogP contribution in [0.15, 0.2) is 95.8 Å². The molecule has 8 N–H and O–H groups in total. The third-order valence-electron chi connectivity index (χ3n) is 16.6. The Morgan fingerprint density at radius 3 is 2.23 bits per heavy atom. The van der Waals surface area contributed by atoms with Crippen LogP contribution in [0.1, 0.15) is 122 Å². The number of carbonyl (C=O) groups is 8. The number of hydrogen-bond acceptors (Lipinski definition) is 15. The zero-order chi connectivity index (χ0) is 62.8. The molecule has 4 heterocycles. The number of carbonyl (C=O) groups excluding carboxylic acids is 8. The maximum atomic E-state index is 15.6. The molecular weight excluding hydrogens is 1130 g/mol. The summed E-state index contributed by atoms with van der Waals surface area (Å²) >= 11 is 0. The molecule has 6 aromatic rings. The van der Waals surface area contributed by atoms with Crippen molar-refractivity contribution < 1.29 is 62.1 Å². The van der Waals surface area contributed by atoms with E-state index in [2.05, 4.69) is 26.6 Å². The number of nitrogens with zero attached hydrogens (tertiary/aromatic N) is 3. The summed E-state index contributed by atoms with van der Waals surface area (Å²) in [5.74, 6) is -5.84. The van der Waals surface area contributed by atoms with Gasteiger partial charge in [-0.15, -0.1) is 0 Å². The molecule has 0 bridgehead atoms. The minimum Gasteiger partial charge on any atom is -0.458 e. The zero-order valence-electron chi connectivity index (χ0n) is 49.5. The Kier molecular flexibility index (Phi) is 17.9. The number of pyridine rings is 2. The first-order valence-electron chi connectivity index (χ1n) is 29.4. The van der Waals surface area contributed by atoms with Crippen LogP contribution in [-0.2, 0) is 74.6 Å². The molecule has 0 fully saturated rings. The van der Waals surface area contributed by atoms with E-state index in [-0.39, 0.29) is 68.1 Å². The molecule has 22 nitrogen and oxygen atoms in total. The molecule has 0 saturated heterocycles. The number of nitrogens with one attached hydrogen (secondary N) is 5. The van der Waals surface area contributed by atoms with Gasteiger partial charge in [0.15, 0.2) is 5.60 Å². The minimum absolute atomic E-state index is 0.00719. The van der Waals surface area contributed by atoms with Gasteiger partial charge in [-0.3, -0.25) is 28.8 Å². The number of aromatic nitrogens is 2. The maximum Gasteiger partial charge on any atom is 0.417 e. The number of fused-ring (bicyclic) bond motifs is 8. The van der Waals surface area contributed by atoms with E-state index in [4.69, 9.17) is 24.9 Å². The molecule has 23 heteroatoms. The number of nitrogens with two attached hydrogens (primary N) is 1. The van der Waals surface area contributed by atoms with Crippen molar-refractivity contribution in [1.29, 1.82) is 0 Å². The second-order valence-electron chi connectivity index (χ2n) is 23.5. The van der Waals surface area contributed by atoms with Gasteiger partial charge in [0.1, 0.15) is 43.3 Å². The summed E-state index contributed by atoms with van der Waals surface area (Å²) in [6.07, 6.45) is -0.780. The average Bonchev–Trinajstić information content (AvgIpc) is 1.48. The first-order valence-corrected chi connectivity index (χ1v) is 29.4. The predicted octanol–water partition coefficient (Wildman–Crippen LogP) is 5.39. The SMILES string of the molecule is CC[C@@]1(O)C(=O)OCc2c1cc1n(c2=O)Cc2c-1nc1cc(F)c(C)c3c1c2[C@@H](NC(=O)CNC(=O)[C@H](Cc1ccccc1)NC(=O)CNC(=O)CN(C(=O)OC(C)(C)C)C(=O)[C@H](CCCCN)NC(=O)OCC1c2ccccc2-c2ccccc21)CC3. The van der Waals surface area contributed by atoms with Crippen LogP contribution in [0.3, 0.4) is 0 Å². The lowest BCUT2D eigenvalue weighted by Gasteiger charge is -2.31. The number of unbranched alkanes of at least 4 members (excludes halogenated alkanes) is 1. The van der Waals surface area contributed by atoms with Crippen LogP contribution >= 0.6 is 0 Å². The van der Waals surface area contributed by atoms with E-state index in [1.807, 2.05) is 48.5 Å². The van der Waals surface area contributed by atoms with Gasteiger partial charge in [-0.25, -0.2) is 28.7 Å². The Morgan fingerprint density at radius 2 is 1.55 bits per heavy atom. The summed E-state index contributed by atoms with van der Waals surface area (Å²) in [7, 11) is 0. The molecule has 4 aliphatic rings. The molecule has 7 amide bonds. The van der Waals surface area contributed by atoms with Crippen molar-refractivity contribution in [3.63, 3.8) is 0 Å². The van der Waals surface area contributed by atoms with Gasteiger partial charge >= 0.3 is 18.2 Å². The summed E-state index contributed by atoms with van der Waals surface area (Å²) in [6, 6.07) is 23.7. The Hall–Kier alpha value is -9.35. The number of alkyl carbamates (subject to hydrolysis) is 1. The summed E-state index contributed by atoms with van der Waals surface area (Å²) in [5, 5.41) is 25.4. The monoisotopic (exact) mass is 1200 g/mol. The smallest absolute Gasteiger partial charge is 0.417 e. The molecule has 88 heavy (non-hydrogen) atoms. The van der Waals surface area contributed by atoms with E-state index >= 15 is 4.39 Å². The molecule has 460 valence electrons. The first-order chi connectivity index (χ1) is 42.1. The van der Waals surface area contributed by atoms with Crippen molar-refractivity contribution in [2.24, 2.45) is 5.73 Å². The van der Waals surface area contributed by atoms with E-state index in [9.17, 15) is 48.3 Å². The number of hydrogen-bond donors (Lipinski definition) is 7. The highest BCUT2D eigenvalue weighted by Crippen LogP contribution is 2.47. The lowest BCUT2D eigenvalue weighted by atomic mass is 9.81. The minimum atomic E-state index is -2.09. The number of amides is 7. The number of rotatable bonds is 20. The van der Waals surface area contributed by atoms with Crippen molar-refractivity contribution >= 4 is 58.6 Å². The number of halogens is 1. The van der Waals surface area contributed by atoms with E-state index in [1.165, 1.54) is 10.6 Å². The number of aliphatic hydroxyl groups is 1. The summed E-state index contributed by atoms with van der Waals surface area (Å²) < 4.78 is 33.6. The number of ether oxygens (including phenoxy) is 3. The van der Waals surface area contributed by atoms with Crippen molar-refractivity contribution in [3.8, 4) is 22.5 Å². The van der Waals surface area contributed by atoms with Gasteiger partial charge in [0, 0.05) is 34.9 Å². The summed E-state index contributed by atoms with van der Waals surface area (Å²) in [4.78, 5) is 130. The third-order valence-corrected chi connectivity index (χ3v) is 16.6. The van der Waals surface area contributed by atoms with E-state index in [1.54, 1.807) is 71.0 Å². The number of esters is 1. The van der Waals surface area contributed by atoms with Gasteiger partial charge in [-0.05, 0) is 123 Å². The molecule has 2 aromatic heterocycles. The van der Waals surface area contributed by atoms with Crippen LogP contribution in [0.25, 0.3) is 33.4 Å². The lowest BCUT2D eigenvalue weighted by Crippen LogP contribution is -2.55. The molecule has 0 unspecified atom stereocenters. The highest BCUT2D eigenvalue weighted by atomic mass is 19.1. The Balaban J connectivity index is 0.806. The molecule has 4 atom stereocenters. The fourth-order valence-corrected chi connectivity index (χ4v) is 12.2. The Morgan fingerprint density at radius 1 is 0.864 bits per heavy atom. The molecule has 0 radical (unpaired) electrons. The van der Waals surface area contributed by atoms with Gasteiger partial charge in [-0.1, -0.05) is 85.8 Å². The Labute approximate surface area is 506 Å². The molecule has 10 rings (SSSR count). The molecule has 0 saturated carbocycles. The van der Waals surface area contributed by atoms with Crippen molar-refractivity contribution in [2.75, 3.05) is 32.8 Å². The van der Waals surface area contributed by atoms with Gasteiger partial charge in [0.2, 0.25) is 23.6 Å². The van der Waals surface area contributed by atoms with E-state index in [0.29, 0.717) is 75.2 Å². The highest BCUT2D eigenvalue weighted by Gasteiger charge is 2.46.